The van der Waals surface area contributed by atoms with Gasteiger partial charge in [-0.1, -0.05) is 29.8 Å². The highest BCUT2D eigenvalue weighted by Gasteiger charge is 2.33. The van der Waals surface area contributed by atoms with Crippen LogP contribution in [0.5, 0.6) is 5.75 Å². The lowest BCUT2D eigenvalue weighted by Gasteiger charge is -2.26. The van der Waals surface area contributed by atoms with Gasteiger partial charge >= 0.3 is 0 Å². The maximum atomic E-state index is 12.8. The minimum absolute atomic E-state index is 0.0539. The van der Waals surface area contributed by atoms with Crippen molar-refractivity contribution in [2.45, 2.75) is 19.8 Å². The zero-order chi connectivity index (χ0) is 16.7. The van der Waals surface area contributed by atoms with E-state index in [4.69, 9.17) is 10.5 Å². The lowest BCUT2D eigenvalue weighted by molar-refractivity contribution is 0.389. The van der Waals surface area contributed by atoms with Gasteiger partial charge in [0.15, 0.2) is 0 Å². The first-order chi connectivity index (χ1) is 10.9. The number of pyridine rings is 1. The van der Waals surface area contributed by atoms with Crippen molar-refractivity contribution >= 4 is 0 Å². The van der Waals surface area contributed by atoms with E-state index < -0.39 is 5.92 Å². The highest BCUT2D eigenvalue weighted by molar-refractivity contribution is 5.55. The zero-order valence-electron chi connectivity index (χ0n) is 13.3. The second-order valence-corrected chi connectivity index (χ2v) is 5.76. The van der Waals surface area contributed by atoms with Gasteiger partial charge in [-0.2, -0.15) is 5.26 Å². The molecule has 2 aromatic rings. The summed E-state index contributed by atoms with van der Waals surface area (Å²) in [4.78, 5) is 12.8. The summed E-state index contributed by atoms with van der Waals surface area (Å²) in [5.41, 5.74) is 9.19. The summed E-state index contributed by atoms with van der Waals surface area (Å²) in [5, 5.41) is 9.51. The molecule has 5 heteroatoms. The van der Waals surface area contributed by atoms with Crippen molar-refractivity contribution in [3.05, 3.63) is 74.5 Å². The Kier molecular flexibility index (Phi) is 3.45. The second kappa shape index (κ2) is 5.33. The monoisotopic (exact) mass is 307 g/mol. The third kappa shape index (κ3) is 2.29. The minimum atomic E-state index is -0.511. The van der Waals surface area contributed by atoms with Gasteiger partial charge in [0.05, 0.1) is 11.5 Å². The number of nitriles is 1. The van der Waals surface area contributed by atoms with E-state index in [2.05, 4.69) is 6.07 Å². The Hall–Kier alpha value is -3.00. The second-order valence-electron chi connectivity index (χ2n) is 5.76. The van der Waals surface area contributed by atoms with Gasteiger partial charge in [0.25, 0.3) is 5.56 Å². The van der Waals surface area contributed by atoms with Crippen LogP contribution in [-0.4, -0.2) is 4.57 Å². The fourth-order valence-corrected chi connectivity index (χ4v) is 2.83. The Morgan fingerprint density at radius 2 is 1.91 bits per heavy atom. The van der Waals surface area contributed by atoms with E-state index in [1.54, 1.807) is 17.7 Å². The summed E-state index contributed by atoms with van der Waals surface area (Å²) in [5.74, 6) is -0.0328. The molecule has 116 valence electrons. The molecule has 0 fully saturated rings. The number of hydrogen-bond donors (Lipinski definition) is 1. The van der Waals surface area contributed by atoms with Gasteiger partial charge in [-0.15, -0.1) is 0 Å². The molecule has 0 spiro atoms. The van der Waals surface area contributed by atoms with Crippen molar-refractivity contribution in [3.8, 4) is 11.8 Å². The van der Waals surface area contributed by atoms with Crippen LogP contribution in [0.15, 0.2) is 46.6 Å². The minimum Gasteiger partial charge on any atom is -0.440 e. The standard InChI is InChI=1S/C18H17N3O2/c1-10-4-6-12(7-5-10)15-13(9-19)17(20)23-14-8-11(2)21(3)18(22)16(14)15/h4-8,15H,20H2,1-3H3/t15-/m1/s1. The summed E-state index contributed by atoms with van der Waals surface area (Å²) < 4.78 is 7.10. The number of fused-ring (bicyclic) bond motifs is 1. The van der Waals surface area contributed by atoms with Crippen LogP contribution in [0.4, 0.5) is 0 Å². The fourth-order valence-electron chi connectivity index (χ4n) is 2.83. The normalized spacial score (nSPS) is 16.5. The van der Waals surface area contributed by atoms with E-state index in [1.807, 2.05) is 38.1 Å². The summed E-state index contributed by atoms with van der Waals surface area (Å²) in [7, 11) is 1.71. The van der Waals surface area contributed by atoms with Gasteiger partial charge in [0, 0.05) is 18.8 Å². The molecule has 3 rings (SSSR count). The van der Waals surface area contributed by atoms with Crippen LogP contribution in [0.3, 0.4) is 0 Å². The molecule has 0 aliphatic carbocycles. The van der Waals surface area contributed by atoms with Crippen LogP contribution >= 0.6 is 0 Å². The SMILES string of the molecule is Cc1ccc([C@@H]2C(C#N)=C(N)Oc3cc(C)n(C)c(=O)c32)cc1. The lowest BCUT2D eigenvalue weighted by Crippen LogP contribution is -2.31. The summed E-state index contributed by atoms with van der Waals surface area (Å²) in [6, 6.07) is 11.6. The number of nitrogens with zero attached hydrogens (tertiary/aromatic N) is 2. The average molecular weight is 307 g/mol. The van der Waals surface area contributed by atoms with Crippen LogP contribution in [0.25, 0.3) is 0 Å². The third-order valence-electron chi connectivity index (χ3n) is 4.26. The number of hydrogen-bond acceptors (Lipinski definition) is 4. The van der Waals surface area contributed by atoms with Crippen molar-refractivity contribution in [3.63, 3.8) is 0 Å². The van der Waals surface area contributed by atoms with Crippen LogP contribution in [-0.2, 0) is 7.05 Å². The molecular formula is C18H17N3O2. The Balaban J connectivity index is 2.33. The van der Waals surface area contributed by atoms with Crippen LogP contribution in [0, 0.1) is 25.2 Å². The predicted molar refractivity (Wildman–Crippen MR) is 86.9 cm³/mol. The quantitative estimate of drug-likeness (QED) is 0.876. The number of ether oxygens (including phenoxy) is 1. The first kappa shape index (κ1) is 14.9. The smallest absolute Gasteiger partial charge is 0.258 e. The Bertz CT molecular complexity index is 915. The van der Waals surface area contributed by atoms with Crippen LogP contribution in [0.1, 0.15) is 28.3 Å². The third-order valence-corrected chi connectivity index (χ3v) is 4.26. The number of benzene rings is 1. The van der Waals surface area contributed by atoms with Gasteiger partial charge in [0.2, 0.25) is 5.88 Å². The Labute approximate surface area is 134 Å². The van der Waals surface area contributed by atoms with Crippen molar-refractivity contribution < 1.29 is 4.74 Å². The number of aromatic nitrogens is 1. The molecule has 0 saturated carbocycles. The molecule has 2 heterocycles. The molecule has 1 atom stereocenters. The molecule has 1 aliphatic heterocycles. The maximum absolute atomic E-state index is 12.8. The van der Waals surface area contributed by atoms with Gasteiger partial charge in [0.1, 0.15) is 17.4 Å². The number of nitrogens with two attached hydrogens (primary N) is 1. The molecule has 0 unspecified atom stereocenters. The molecule has 0 amide bonds. The topological polar surface area (TPSA) is 81.0 Å². The van der Waals surface area contributed by atoms with Crippen molar-refractivity contribution in [1.82, 2.24) is 4.57 Å². The van der Waals surface area contributed by atoms with E-state index >= 15 is 0 Å². The van der Waals surface area contributed by atoms with E-state index in [9.17, 15) is 10.1 Å². The molecule has 0 saturated heterocycles. The van der Waals surface area contributed by atoms with Gasteiger partial charge < -0.3 is 15.0 Å². The summed E-state index contributed by atoms with van der Waals surface area (Å²) in [6.45, 7) is 3.81. The summed E-state index contributed by atoms with van der Waals surface area (Å²) in [6.07, 6.45) is 0. The maximum Gasteiger partial charge on any atom is 0.258 e. The molecule has 1 aromatic carbocycles. The van der Waals surface area contributed by atoms with Gasteiger partial charge in [-0.25, -0.2) is 0 Å². The van der Waals surface area contributed by atoms with Crippen molar-refractivity contribution in [2.75, 3.05) is 0 Å². The predicted octanol–water partition coefficient (Wildman–Crippen LogP) is 2.22. The van der Waals surface area contributed by atoms with Gasteiger partial charge in [-0.3, -0.25) is 4.79 Å². The van der Waals surface area contributed by atoms with E-state index in [0.717, 1.165) is 16.8 Å². The van der Waals surface area contributed by atoms with E-state index in [0.29, 0.717) is 11.3 Å². The molecule has 5 nitrogen and oxygen atoms in total. The van der Waals surface area contributed by atoms with E-state index in [1.165, 1.54) is 0 Å². The molecule has 1 aromatic heterocycles. The molecule has 23 heavy (non-hydrogen) atoms. The Morgan fingerprint density at radius 3 is 2.52 bits per heavy atom. The van der Waals surface area contributed by atoms with E-state index in [-0.39, 0.29) is 17.0 Å². The highest BCUT2D eigenvalue weighted by atomic mass is 16.5. The summed E-state index contributed by atoms with van der Waals surface area (Å²) >= 11 is 0. The lowest BCUT2D eigenvalue weighted by atomic mass is 9.84. The fraction of sp³-hybridized carbons (Fsp3) is 0.222. The number of rotatable bonds is 1. The molecule has 2 N–H and O–H groups in total. The molecular weight excluding hydrogens is 290 g/mol. The van der Waals surface area contributed by atoms with Crippen LogP contribution in [0.2, 0.25) is 0 Å². The Morgan fingerprint density at radius 1 is 1.26 bits per heavy atom. The first-order valence-electron chi connectivity index (χ1n) is 7.28. The highest BCUT2D eigenvalue weighted by Crippen LogP contribution is 2.40. The average Bonchev–Trinajstić information content (AvgIpc) is 2.52. The van der Waals surface area contributed by atoms with Crippen LogP contribution < -0.4 is 16.0 Å². The molecule has 0 bridgehead atoms. The van der Waals surface area contributed by atoms with Crippen molar-refractivity contribution in [1.29, 1.82) is 5.26 Å². The van der Waals surface area contributed by atoms with Crippen molar-refractivity contribution in [2.24, 2.45) is 12.8 Å². The first-order valence-corrected chi connectivity index (χ1v) is 7.28. The van der Waals surface area contributed by atoms with Gasteiger partial charge in [-0.05, 0) is 19.4 Å². The largest absolute Gasteiger partial charge is 0.440 e. The molecule has 0 radical (unpaired) electrons. The zero-order valence-corrected chi connectivity index (χ0v) is 13.3. The number of allylic oxidation sites excluding steroid dienone is 1. The number of aryl methyl sites for hydroxylation is 2. The molecule has 1 aliphatic rings.